The predicted molar refractivity (Wildman–Crippen MR) is 116 cm³/mol. The molecule has 0 saturated heterocycles. The molecule has 0 spiro atoms. The van der Waals surface area contributed by atoms with E-state index >= 15 is 0 Å². The zero-order valence-corrected chi connectivity index (χ0v) is 16.9. The zero-order chi connectivity index (χ0) is 20.8. The molecule has 5 heteroatoms. The molecule has 1 aliphatic heterocycles. The summed E-state index contributed by atoms with van der Waals surface area (Å²) in [5.41, 5.74) is 2.91. The second-order valence-corrected chi connectivity index (χ2v) is 6.75. The zero-order valence-electron chi connectivity index (χ0n) is 16.9. The van der Waals surface area contributed by atoms with Crippen molar-refractivity contribution in [3.63, 3.8) is 0 Å². The second kappa shape index (κ2) is 9.15. The molecular formula is C24H25N2O3+. The average molecular weight is 389 g/mol. The van der Waals surface area contributed by atoms with Crippen LogP contribution in [0, 0.1) is 0 Å². The molecule has 0 saturated carbocycles. The quantitative estimate of drug-likeness (QED) is 0.370. The van der Waals surface area contributed by atoms with E-state index in [0.717, 1.165) is 23.0 Å². The summed E-state index contributed by atoms with van der Waals surface area (Å²) >= 11 is 0. The van der Waals surface area contributed by atoms with Gasteiger partial charge >= 0.3 is 5.97 Å². The summed E-state index contributed by atoms with van der Waals surface area (Å²) in [4.78, 5) is 16.9. The number of carbonyl (C=O) groups excluding carboxylic acids is 1. The summed E-state index contributed by atoms with van der Waals surface area (Å²) < 4.78 is 7.36. The molecule has 2 aromatic carbocycles. The maximum atomic E-state index is 12.5. The van der Waals surface area contributed by atoms with Gasteiger partial charge in [-0.25, -0.2) is 4.79 Å². The number of nitrogens with zero attached hydrogens (tertiary/aromatic N) is 2. The number of aromatic hydroxyl groups is 1. The molecule has 0 bridgehead atoms. The van der Waals surface area contributed by atoms with Crippen molar-refractivity contribution in [2.75, 3.05) is 13.7 Å². The van der Waals surface area contributed by atoms with Crippen molar-refractivity contribution in [3.05, 3.63) is 82.0 Å². The Balaban J connectivity index is 2.01. The van der Waals surface area contributed by atoms with E-state index in [1.54, 1.807) is 31.2 Å². The molecule has 0 aliphatic carbocycles. The van der Waals surface area contributed by atoms with E-state index in [9.17, 15) is 9.90 Å². The van der Waals surface area contributed by atoms with Crippen molar-refractivity contribution < 1.29 is 14.6 Å². The van der Waals surface area contributed by atoms with Crippen LogP contribution in [-0.2, 0) is 9.53 Å². The van der Waals surface area contributed by atoms with Crippen LogP contribution in [0.4, 0.5) is 5.69 Å². The number of benzene rings is 2. The van der Waals surface area contributed by atoms with Crippen LogP contribution < -0.4 is 15.2 Å². The maximum absolute atomic E-state index is 12.5. The fraction of sp³-hybridized carbons (Fsp3) is 0.208. The summed E-state index contributed by atoms with van der Waals surface area (Å²) in [5, 5.41) is 11.7. The molecule has 1 heterocycles. The first-order valence-electron chi connectivity index (χ1n) is 9.57. The number of ether oxygens (including phenoxy) is 1. The highest BCUT2D eigenvalue weighted by molar-refractivity contribution is 6.11. The Hall–Kier alpha value is -3.47. The number of aliphatic imine (C=N–C) groups is 1. The minimum Gasteiger partial charge on any atom is -0.508 e. The van der Waals surface area contributed by atoms with E-state index in [1.807, 2.05) is 32.2 Å². The van der Waals surface area contributed by atoms with Gasteiger partial charge in [-0.15, -0.1) is 0 Å². The van der Waals surface area contributed by atoms with Gasteiger partial charge in [0.25, 0.3) is 0 Å². The van der Waals surface area contributed by atoms with Crippen LogP contribution in [0.1, 0.15) is 20.3 Å². The fourth-order valence-electron chi connectivity index (χ4n) is 3.16. The number of para-hydroxylation sites is 1. The van der Waals surface area contributed by atoms with Crippen molar-refractivity contribution in [1.82, 2.24) is 4.58 Å². The van der Waals surface area contributed by atoms with E-state index in [0.29, 0.717) is 17.9 Å². The van der Waals surface area contributed by atoms with Crippen molar-refractivity contribution in [2.24, 2.45) is 4.99 Å². The van der Waals surface area contributed by atoms with Crippen LogP contribution in [-0.4, -0.2) is 30.9 Å². The Morgan fingerprint density at radius 1 is 1.21 bits per heavy atom. The monoisotopic (exact) mass is 389 g/mol. The molecule has 2 aromatic rings. The molecule has 0 unspecified atom stereocenters. The molecule has 148 valence electrons. The maximum Gasteiger partial charge on any atom is 0.339 e. The molecule has 5 nitrogen and oxygen atoms in total. The highest BCUT2D eigenvalue weighted by atomic mass is 16.5. The number of phenolic OH excluding ortho intramolecular Hbond substituents is 1. The predicted octanol–water partition coefficient (Wildman–Crippen LogP) is 2.86. The number of hydrogen-bond donors (Lipinski definition) is 1. The lowest BCUT2D eigenvalue weighted by Crippen LogP contribution is -2.40. The molecule has 1 N–H and O–H groups in total. The summed E-state index contributed by atoms with van der Waals surface area (Å²) in [5.74, 6) is -0.241. The van der Waals surface area contributed by atoms with Gasteiger partial charge in [-0.2, -0.15) is 4.58 Å². The molecule has 0 radical (unpaired) electrons. The first-order valence-corrected chi connectivity index (χ1v) is 9.57. The standard InChI is InChI=1S/C24H24N2O3/c1-4-29-24(28)22(16-25-19-10-13-21(27)14-11-19)17(2)15-20-12-9-18-7-5-6-8-23(18)26(20)3/h5-11,13-16H,4,12H2,1-3H3/p+1/b20-15+,22-17+,25-16?. The van der Waals surface area contributed by atoms with Crippen LogP contribution >= 0.6 is 0 Å². The minimum atomic E-state index is -0.410. The van der Waals surface area contributed by atoms with Crippen LogP contribution in [0.25, 0.3) is 6.08 Å². The molecule has 3 rings (SSSR count). The first-order chi connectivity index (χ1) is 14.0. The number of esters is 1. The summed E-state index contributed by atoms with van der Waals surface area (Å²) in [6, 6.07) is 14.7. The Kier molecular flexibility index (Phi) is 6.39. The average Bonchev–Trinajstić information content (AvgIpc) is 2.72. The number of hydrogen-bond acceptors (Lipinski definition) is 4. The smallest absolute Gasteiger partial charge is 0.339 e. The topological polar surface area (TPSA) is 61.9 Å². The lowest BCUT2D eigenvalue weighted by atomic mass is 10.1. The van der Waals surface area contributed by atoms with Gasteiger partial charge in [0.15, 0.2) is 5.70 Å². The molecule has 0 fully saturated rings. The van der Waals surface area contributed by atoms with Gasteiger partial charge in [0.1, 0.15) is 12.8 Å². The number of allylic oxidation sites excluding steroid dienone is 3. The van der Waals surface area contributed by atoms with Gasteiger partial charge in [-0.3, -0.25) is 4.99 Å². The Morgan fingerprint density at radius 2 is 1.93 bits per heavy atom. The highest BCUT2D eigenvalue weighted by Gasteiger charge is 2.17. The molecular weight excluding hydrogens is 364 g/mol. The van der Waals surface area contributed by atoms with Crippen LogP contribution in [0.5, 0.6) is 5.75 Å². The third-order valence-corrected chi connectivity index (χ3v) is 4.76. The van der Waals surface area contributed by atoms with Crippen molar-refractivity contribution >= 4 is 23.9 Å². The van der Waals surface area contributed by atoms with Crippen molar-refractivity contribution in [3.8, 4) is 5.75 Å². The first kappa shape index (κ1) is 20.3. The highest BCUT2D eigenvalue weighted by Crippen LogP contribution is 2.18. The second-order valence-electron chi connectivity index (χ2n) is 6.75. The molecule has 1 aliphatic rings. The van der Waals surface area contributed by atoms with Crippen molar-refractivity contribution in [1.29, 1.82) is 0 Å². The third-order valence-electron chi connectivity index (χ3n) is 4.76. The third kappa shape index (κ3) is 4.88. The number of rotatable bonds is 5. The lowest BCUT2D eigenvalue weighted by molar-refractivity contribution is -0.137. The van der Waals surface area contributed by atoms with E-state index < -0.39 is 5.97 Å². The van der Waals surface area contributed by atoms with Crippen LogP contribution in [0.15, 0.2) is 76.4 Å². The lowest BCUT2D eigenvalue weighted by Gasteiger charge is -2.08. The molecule has 0 atom stereocenters. The normalized spacial score (nSPS) is 15.7. The van der Waals surface area contributed by atoms with E-state index in [1.165, 1.54) is 11.4 Å². The number of carbonyl (C=O) groups is 1. The minimum absolute atomic E-state index is 0.169. The molecule has 0 amide bonds. The summed E-state index contributed by atoms with van der Waals surface area (Å²) in [7, 11) is 2.03. The van der Waals surface area contributed by atoms with Crippen molar-refractivity contribution in [2.45, 2.75) is 20.3 Å². The van der Waals surface area contributed by atoms with Crippen LogP contribution in [0.2, 0.25) is 0 Å². The van der Waals surface area contributed by atoms with E-state index in [4.69, 9.17) is 4.74 Å². The largest absolute Gasteiger partial charge is 0.508 e. The van der Waals surface area contributed by atoms with E-state index in [2.05, 4.69) is 27.8 Å². The molecule has 29 heavy (non-hydrogen) atoms. The van der Waals surface area contributed by atoms with Crippen LogP contribution in [0.3, 0.4) is 0 Å². The molecule has 0 aromatic heterocycles. The SMILES string of the molecule is CCOC(=O)/C(C=Nc1ccc(O)cc1)=C(C)/C=C1\CC=c2ccccc2=[N+]1C. The Morgan fingerprint density at radius 3 is 2.66 bits per heavy atom. The Bertz CT molecular complexity index is 1120. The number of fused-ring (bicyclic) bond motifs is 1. The fourth-order valence-corrected chi connectivity index (χ4v) is 3.16. The van der Waals surface area contributed by atoms with Gasteiger partial charge in [-0.05, 0) is 49.8 Å². The van der Waals surface area contributed by atoms with Gasteiger partial charge in [0.05, 0.1) is 24.3 Å². The van der Waals surface area contributed by atoms with Gasteiger partial charge in [0, 0.05) is 23.6 Å². The number of phenols is 1. The summed E-state index contributed by atoms with van der Waals surface area (Å²) in [6.45, 7) is 3.96. The van der Waals surface area contributed by atoms with Gasteiger partial charge in [0.2, 0.25) is 5.36 Å². The van der Waals surface area contributed by atoms with Gasteiger partial charge < -0.3 is 9.84 Å². The Labute approximate surface area is 170 Å². The summed E-state index contributed by atoms with van der Waals surface area (Å²) in [6.07, 6.45) is 6.48. The van der Waals surface area contributed by atoms with E-state index in [-0.39, 0.29) is 5.75 Å². The van der Waals surface area contributed by atoms with Gasteiger partial charge in [-0.1, -0.05) is 18.2 Å².